The molecule has 0 N–H and O–H groups in total. The van der Waals surface area contributed by atoms with E-state index in [0.29, 0.717) is 5.28 Å². The smallest absolute Gasteiger partial charge is 0.225 e. The minimum absolute atomic E-state index is 0.0475. The van der Waals surface area contributed by atoms with Crippen LogP contribution < -0.4 is 0 Å². The van der Waals surface area contributed by atoms with Gasteiger partial charge >= 0.3 is 0 Å². The number of aryl methyl sites for hydroxylation is 1. The van der Waals surface area contributed by atoms with Crippen LogP contribution in [0.3, 0.4) is 0 Å². The highest BCUT2D eigenvalue weighted by molar-refractivity contribution is 6.28. The van der Waals surface area contributed by atoms with E-state index in [0.717, 1.165) is 25.1 Å². The topological polar surface area (TPSA) is 30.7 Å². The molecule has 0 aromatic carbocycles. The van der Waals surface area contributed by atoms with E-state index in [4.69, 9.17) is 11.6 Å². The van der Waals surface area contributed by atoms with Crippen molar-refractivity contribution < 1.29 is 0 Å². The molecule has 80 valence electrons. The van der Waals surface area contributed by atoms with Crippen LogP contribution in [-0.2, 0) is 12.0 Å². The summed E-state index contributed by atoms with van der Waals surface area (Å²) < 4.78 is 2.06. The van der Waals surface area contributed by atoms with E-state index in [2.05, 4.69) is 42.5 Å². The second kappa shape index (κ2) is 4.30. The molecule has 1 heterocycles. The summed E-state index contributed by atoms with van der Waals surface area (Å²) in [6.45, 7) is 8.60. The molecule has 1 rings (SSSR count). The van der Waals surface area contributed by atoms with E-state index in [1.54, 1.807) is 0 Å². The van der Waals surface area contributed by atoms with Crippen molar-refractivity contribution in [3.05, 3.63) is 11.1 Å². The van der Waals surface area contributed by atoms with Crippen molar-refractivity contribution in [3.8, 4) is 0 Å². The van der Waals surface area contributed by atoms with Gasteiger partial charge in [-0.2, -0.15) is 0 Å². The number of hydrogen-bond acceptors (Lipinski definition) is 2. The van der Waals surface area contributed by atoms with Crippen molar-refractivity contribution in [1.29, 1.82) is 0 Å². The molecule has 0 bridgehead atoms. The van der Waals surface area contributed by atoms with Crippen molar-refractivity contribution in [2.45, 2.75) is 52.5 Å². The van der Waals surface area contributed by atoms with Gasteiger partial charge in [0.15, 0.2) is 0 Å². The largest absolute Gasteiger partial charge is 0.296 e. The molecule has 1 aromatic heterocycles. The van der Waals surface area contributed by atoms with Gasteiger partial charge in [0.25, 0.3) is 0 Å². The Bertz CT molecular complexity index is 302. The van der Waals surface area contributed by atoms with E-state index in [1.807, 2.05) is 0 Å². The Morgan fingerprint density at radius 3 is 2.21 bits per heavy atom. The fourth-order valence-corrected chi connectivity index (χ4v) is 1.96. The maximum absolute atomic E-state index is 6.05. The predicted molar refractivity (Wildman–Crippen MR) is 58.6 cm³/mol. The molecular formula is C10H18ClN3. The molecular weight excluding hydrogens is 198 g/mol. The Morgan fingerprint density at radius 1 is 1.21 bits per heavy atom. The van der Waals surface area contributed by atoms with Gasteiger partial charge in [-0.15, -0.1) is 10.2 Å². The van der Waals surface area contributed by atoms with E-state index in [-0.39, 0.29) is 5.54 Å². The van der Waals surface area contributed by atoms with Crippen LogP contribution in [0.15, 0.2) is 0 Å². The molecule has 0 fully saturated rings. The molecule has 3 nitrogen and oxygen atoms in total. The molecule has 0 aliphatic heterocycles. The van der Waals surface area contributed by atoms with Gasteiger partial charge in [0.2, 0.25) is 5.28 Å². The van der Waals surface area contributed by atoms with E-state index in [1.165, 1.54) is 0 Å². The average molecular weight is 216 g/mol. The second-order valence-electron chi connectivity index (χ2n) is 3.78. The van der Waals surface area contributed by atoms with Crippen LogP contribution in [0.25, 0.3) is 0 Å². The van der Waals surface area contributed by atoms with E-state index >= 15 is 0 Å². The molecule has 0 saturated heterocycles. The molecule has 4 heteroatoms. The van der Waals surface area contributed by atoms with Gasteiger partial charge in [-0.3, -0.25) is 4.57 Å². The van der Waals surface area contributed by atoms with Crippen LogP contribution >= 0.6 is 11.6 Å². The highest BCUT2D eigenvalue weighted by Crippen LogP contribution is 2.29. The molecule has 0 radical (unpaired) electrons. The molecule has 0 saturated carbocycles. The van der Waals surface area contributed by atoms with Crippen LogP contribution in [0.5, 0.6) is 0 Å². The van der Waals surface area contributed by atoms with Gasteiger partial charge in [-0.1, -0.05) is 20.8 Å². The summed E-state index contributed by atoms with van der Waals surface area (Å²) in [7, 11) is 0. The Morgan fingerprint density at radius 2 is 1.79 bits per heavy atom. The Balaban J connectivity index is 3.20. The van der Waals surface area contributed by atoms with Gasteiger partial charge in [0, 0.05) is 12.0 Å². The molecule has 0 unspecified atom stereocenters. The Hall–Kier alpha value is -0.570. The third kappa shape index (κ3) is 1.78. The van der Waals surface area contributed by atoms with Gasteiger partial charge in [-0.25, -0.2) is 0 Å². The standard InChI is InChI=1S/C10H18ClN3/c1-5-8-12-13-9(11)14(8)10(4,6-2)7-3/h5-7H2,1-4H3. The molecule has 0 atom stereocenters. The van der Waals surface area contributed by atoms with Crippen LogP contribution in [0.1, 0.15) is 46.4 Å². The number of rotatable bonds is 4. The van der Waals surface area contributed by atoms with Gasteiger partial charge < -0.3 is 0 Å². The lowest BCUT2D eigenvalue weighted by molar-refractivity contribution is 0.285. The van der Waals surface area contributed by atoms with Crippen LogP contribution in [-0.4, -0.2) is 14.8 Å². The minimum Gasteiger partial charge on any atom is -0.296 e. The number of nitrogens with zero attached hydrogens (tertiary/aromatic N) is 3. The average Bonchev–Trinajstić information content (AvgIpc) is 2.59. The minimum atomic E-state index is 0.0475. The molecule has 0 spiro atoms. The van der Waals surface area contributed by atoms with Crippen LogP contribution in [0.4, 0.5) is 0 Å². The van der Waals surface area contributed by atoms with Crippen LogP contribution in [0, 0.1) is 0 Å². The molecule has 14 heavy (non-hydrogen) atoms. The first-order chi connectivity index (χ1) is 6.59. The lowest BCUT2D eigenvalue weighted by Crippen LogP contribution is -2.30. The number of halogens is 1. The summed E-state index contributed by atoms with van der Waals surface area (Å²) in [5, 5.41) is 8.51. The summed E-state index contributed by atoms with van der Waals surface area (Å²) in [5.74, 6) is 0.973. The van der Waals surface area contributed by atoms with E-state index in [9.17, 15) is 0 Å². The van der Waals surface area contributed by atoms with E-state index < -0.39 is 0 Å². The van der Waals surface area contributed by atoms with Gasteiger partial charge in [0.05, 0.1) is 0 Å². The predicted octanol–water partition coefficient (Wildman–Crippen LogP) is 3.03. The SMILES string of the molecule is CCc1nnc(Cl)n1C(C)(CC)CC. The third-order valence-electron chi connectivity index (χ3n) is 3.07. The molecule has 0 aliphatic carbocycles. The van der Waals surface area contributed by atoms with Crippen molar-refractivity contribution >= 4 is 11.6 Å². The van der Waals surface area contributed by atoms with Crippen LogP contribution in [0.2, 0.25) is 5.28 Å². The lowest BCUT2D eigenvalue weighted by atomic mass is 9.95. The maximum atomic E-state index is 6.05. The first-order valence-corrected chi connectivity index (χ1v) is 5.57. The van der Waals surface area contributed by atoms with Gasteiger partial charge in [0.1, 0.15) is 5.82 Å². The third-order valence-corrected chi connectivity index (χ3v) is 3.31. The highest BCUT2D eigenvalue weighted by Gasteiger charge is 2.27. The Kier molecular flexibility index (Phi) is 3.53. The summed E-state index contributed by atoms with van der Waals surface area (Å²) in [6, 6.07) is 0. The highest BCUT2D eigenvalue weighted by atomic mass is 35.5. The first-order valence-electron chi connectivity index (χ1n) is 5.19. The zero-order chi connectivity index (χ0) is 10.8. The monoisotopic (exact) mass is 215 g/mol. The lowest BCUT2D eigenvalue weighted by Gasteiger charge is -2.30. The quantitative estimate of drug-likeness (QED) is 0.773. The first kappa shape index (κ1) is 11.5. The Labute approximate surface area is 90.5 Å². The fraction of sp³-hybridized carbons (Fsp3) is 0.800. The normalized spacial score (nSPS) is 12.1. The van der Waals surface area contributed by atoms with Crippen molar-refractivity contribution in [2.24, 2.45) is 0 Å². The van der Waals surface area contributed by atoms with Crippen molar-refractivity contribution in [2.75, 3.05) is 0 Å². The fourth-order valence-electron chi connectivity index (χ4n) is 1.62. The summed E-state index contributed by atoms with van der Waals surface area (Å²) in [4.78, 5) is 0. The number of hydrogen-bond donors (Lipinski definition) is 0. The summed E-state index contributed by atoms with van der Waals surface area (Å²) in [6.07, 6.45) is 2.94. The zero-order valence-corrected chi connectivity index (χ0v) is 10.1. The molecule has 0 amide bonds. The molecule has 1 aromatic rings. The summed E-state index contributed by atoms with van der Waals surface area (Å²) >= 11 is 6.05. The van der Waals surface area contributed by atoms with Crippen molar-refractivity contribution in [3.63, 3.8) is 0 Å². The molecule has 0 aliphatic rings. The maximum Gasteiger partial charge on any atom is 0.225 e. The zero-order valence-electron chi connectivity index (χ0n) is 9.34. The summed E-state index contributed by atoms with van der Waals surface area (Å²) in [5.41, 5.74) is 0.0475. The number of aromatic nitrogens is 3. The second-order valence-corrected chi connectivity index (χ2v) is 4.12. The van der Waals surface area contributed by atoms with Crippen molar-refractivity contribution in [1.82, 2.24) is 14.8 Å². The van der Waals surface area contributed by atoms with Gasteiger partial charge in [-0.05, 0) is 31.4 Å².